The Bertz CT molecular complexity index is 1290. The van der Waals surface area contributed by atoms with Gasteiger partial charge in [0.15, 0.2) is 0 Å². The molecule has 34 heavy (non-hydrogen) atoms. The van der Waals surface area contributed by atoms with Gasteiger partial charge in [-0.3, -0.25) is 4.79 Å². The van der Waals surface area contributed by atoms with Gasteiger partial charge in [0.05, 0.1) is 21.3 Å². The largest absolute Gasteiger partial charge is 0.497 e. The van der Waals surface area contributed by atoms with Crippen LogP contribution in [0, 0.1) is 0 Å². The Kier molecular flexibility index (Phi) is 6.76. The van der Waals surface area contributed by atoms with Crippen LogP contribution in [0.2, 0.25) is 0 Å². The molecule has 1 N–H and O–H groups in total. The van der Waals surface area contributed by atoms with Crippen molar-refractivity contribution in [3.8, 4) is 17.2 Å². The molecule has 0 unspecified atom stereocenters. The van der Waals surface area contributed by atoms with Gasteiger partial charge < -0.3 is 19.5 Å². The van der Waals surface area contributed by atoms with E-state index in [9.17, 15) is 13.2 Å². The highest BCUT2D eigenvalue weighted by Gasteiger charge is 2.41. The van der Waals surface area contributed by atoms with Crippen LogP contribution in [0.25, 0.3) is 0 Å². The molecule has 1 amide bonds. The molecule has 178 valence electrons. The minimum atomic E-state index is -4.13. The van der Waals surface area contributed by atoms with E-state index in [2.05, 4.69) is 5.32 Å². The van der Waals surface area contributed by atoms with Crippen molar-refractivity contribution < 1.29 is 27.4 Å². The number of fused-ring (bicyclic) bond motifs is 1. The number of benzene rings is 3. The van der Waals surface area contributed by atoms with Gasteiger partial charge >= 0.3 is 0 Å². The minimum absolute atomic E-state index is 0.0551. The number of amides is 1. The third-order valence-corrected chi connectivity index (χ3v) is 7.70. The van der Waals surface area contributed by atoms with Crippen molar-refractivity contribution in [2.24, 2.45) is 0 Å². The van der Waals surface area contributed by atoms with Crippen molar-refractivity contribution in [2.75, 3.05) is 26.6 Å². The summed E-state index contributed by atoms with van der Waals surface area (Å²) >= 11 is 0. The number of carbonyl (C=O) groups is 1. The SMILES string of the molecule is COc1ccc(NC(=O)[C@@H]2Cc3ccccc3CN2S(=O)(=O)c2cc(OC)ccc2OC)cc1. The van der Waals surface area contributed by atoms with Gasteiger partial charge in [0.2, 0.25) is 15.9 Å². The number of carbonyl (C=O) groups excluding carboxylic acids is 1. The molecule has 1 aliphatic rings. The van der Waals surface area contributed by atoms with E-state index in [-0.39, 0.29) is 23.6 Å². The van der Waals surface area contributed by atoms with Crippen LogP contribution in [-0.4, -0.2) is 46.0 Å². The van der Waals surface area contributed by atoms with E-state index < -0.39 is 22.0 Å². The molecule has 3 aromatic carbocycles. The standard InChI is InChI=1S/C25H26N2O6S/c1-31-20-10-8-19(9-11-20)26-25(28)22-14-17-6-4-5-7-18(17)16-27(22)34(29,30)24-15-21(32-2)12-13-23(24)33-3/h4-13,15,22H,14,16H2,1-3H3,(H,26,28)/t22-/m0/s1. The Morgan fingerprint density at radius 2 is 1.53 bits per heavy atom. The lowest BCUT2D eigenvalue weighted by atomic mass is 9.95. The first kappa shape index (κ1) is 23.6. The second-order valence-corrected chi connectivity index (χ2v) is 9.63. The van der Waals surface area contributed by atoms with Crippen molar-refractivity contribution in [1.82, 2.24) is 4.31 Å². The van der Waals surface area contributed by atoms with Gasteiger partial charge in [-0.05, 0) is 53.9 Å². The van der Waals surface area contributed by atoms with Crippen LogP contribution in [0.15, 0.2) is 71.6 Å². The Labute approximate surface area is 199 Å². The Balaban J connectivity index is 1.74. The molecular weight excluding hydrogens is 456 g/mol. The van der Waals surface area contributed by atoms with Crippen LogP contribution < -0.4 is 19.5 Å². The lowest BCUT2D eigenvalue weighted by molar-refractivity contribution is -0.120. The second kappa shape index (κ2) is 9.74. The molecule has 0 spiro atoms. The average Bonchev–Trinajstić information content (AvgIpc) is 2.87. The van der Waals surface area contributed by atoms with E-state index in [0.717, 1.165) is 11.1 Å². The number of nitrogens with one attached hydrogen (secondary N) is 1. The monoisotopic (exact) mass is 482 g/mol. The fourth-order valence-electron chi connectivity index (χ4n) is 3.99. The molecule has 0 radical (unpaired) electrons. The van der Waals surface area contributed by atoms with Crippen LogP contribution in [0.1, 0.15) is 11.1 Å². The number of hydrogen-bond acceptors (Lipinski definition) is 6. The van der Waals surface area contributed by atoms with Gasteiger partial charge in [-0.2, -0.15) is 4.31 Å². The predicted molar refractivity (Wildman–Crippen MR) is 128 cm³/mol. The van der Waals surface area contributed by atoms with Gasteiger partial charge in [0.1, 0.15) is 28.2 Å². The molecule has 0 fully saturated rings. The van der Waals surface area contributed by atoms with E-state index in [0.29, 0.717) is 17.2 Å². The summed E-state index contributed by atoms with van der Waals surface area (Å²) in [6.45, 7) is 0.0551. The molecule has 0 saturated heterocycles. The summed E-state index contributed by atoms with van der Waals surface area (Å²) in [7, 11) is 0.290. The molecule has 1 heterocycles. The van der Waals surface area contributed by atoms with Gasteiger partial charge in [-0.25, -0.2) is 8.42 Å². The highest BCUT2D eigenvalue weighted by Crippen LogP contribution is 2.35. The Morgan fingerprint density at radius 1 is 0.882 bits per heavy atom. The molecule has 3 aromatic rings. The lowest BCUT2D eigenvalue weighted by Crippen LogP contribution is -2.50. The highest BCUT2D eigenvalue weighted by molar-refractivity contribution is 7.89. The molecule has 0 bridgehead atoms. The first-order valence-electron chi connectivity index (χ1n) is 10.6. The van der Waals surface area contributed by atoms with Crippen LogP contribution in [0.3, 0.4) is 0 Å². The van der Waals surface area contributed by atoms with E-state index in [1.54, 1.807) is 37.4 Å². The van der Waals surface area contributed by atoms with Gasteiger partial charge in [-0.15, -0.1) is 0 Å². The fraction of sp³-hybridized carbons (Fsp3) is 0.240. The van der Waals surface area contributed by atoms with Crippen LogP contribution in [-0.2, 0) is 27.8 Å². The van der Waals surface area contributed by atoms with E-state index in [1.807, 2.05) is 24.3 Å². The van der Waals surface area contributed by atoms with Crippen molar-refractivity contribution in [3.63, 3.8) is 0 Å². The first-order valence-corrected chi connectivity index (χ1v) is 12.1. The van der Waals surface area contributed by atoms with E-state index >= 15 is 0 Å². The summed E-state index contributed by atoms with van der Waals surface area (Å²) in [6, 6.07) is 18.0. The fourth-order valence-corrected chi connectivity index (χ4v) is 5.72. The maximum absolute atomic E-state index is 13.9. The number of ether oxygens (including phenoxy) is 3. The van der Waals surface area contributed by atoms with Gasteiger partial charge in [-0.1, -0.05) is 24.3 Å². The average molecular weight is 483 g/mol. The Hall–Kier alpha value is -3.56. The smallest absolute Gasteiger partial charge is 0.247 e. The molecule has 0 saturated carbocycles. The zero-order valence-corrected chi connectivity index (χ0v) is 20.0. The van der Waals surface area contributed by atoms with Crippen molar-refractivity contribution >= 4 is 21.6 Å². The number of hydrogen-bond donors (Lipinski definition) is 1. The molecule has 0 aliphatic carbocycles. The minimum Gasteiger partial charge on any atom is -0.497 e. The summed E-state index contributed by atoms with van der Waals surface area (Å²) in [5.41, 5.74) is 2.32. The molecule has 0 aromatic heterocycles. The maximum atomic E-state index is 13.9. The summed E-state index contributed by atoms with van der Waals surface area (Å²) in [4.78, 5) is 13.3. The summed E-state index contributed by atoms with van der Waals surface area (Å²) in [6.07, 6.45) is 0.240. The number of anilines is 1. The van der Waals surface area contributed by atoms with Crippen LogP contribution in [0.4, 0.5) is 5.69 Å². The molecule has 1 atom stereocenters. The zero-order valence-electron chi connectivity index (χ0n) is 19.1. The molecule has 4 rings (SSSR count). The number of sulfonamides is 1. The van der Waals surface area contributed by atoms with Crippen molar-refractivity contribution in [1.29, 1.82) is 0 Å². The molecule has 9 heteroatoms. The third-order valence-electron chi connectivity index (χ3n) is 5.82. The third kappa shape index (κ3) is 4.57. The van der Waals surface area contributed by atoms with Crippen molar-refractivity contribution in [2.45, 2.75) is 23.9 Å². The molecule has 8 nitrogen and oxygen atoms in total. The number of rotatable bonds is 7. The quantitative estimate of drug-likeness (QED) is 0.554. The topological polar surface area (TPSA) is 94.2 Å². The van der Waals surface area contributed by atoms with Crippen LogP contribution >= 0.6 is 0 Å². The van der Waals surface area contributed by atoms with Gasteiger partial charge in [0.25, 0.3) is 0 Å². The van der Waals surface area contributed by atoms with E-state index in [4.69, 9.17) is 14.2 Å². The summed E-state index contributed by atoms with van der Waals surface area (Å²) < 4.78 is 44.7. The van der Waals surface area contributed by atoms with Gasteiger partial charge in [0, 0.05) is 18.3 Å². The Morgan fingerprint density at radius 3 is 2.18 bits per heavy atom. The zero-order chi connectivity index (χ0) is 24.3. The maximum Gasteiger partial charge on any atom is 0.247 e. The predicted octanol–water partition coefficient (Wildman–Crippen LogP) is 3.47. The summed E-state index contributed by atoms with van der Waals surface area (Å²) in [5, 5.41) is 2.84. The summed E-state index contributed by atoms with van der Waals surface area (Å²) in [5.74, 6) is 0.772. The second-order valence-electron chi connectivity index (χ2n) is 7.77. The van der Waals surface area contributed by atoms with E-state index in [1.165, 1.54) is 30.7 Å². The van der Waals surface area contributed by atoms with Crippen LogP contribution in [0.5, 0.6) is 17.2 Å². The number of nitrogens with zero attached hydrogens (tertiary/aromatic N) is 1. The normalized spacial score (nSPS) is 15.8. The number of methoxy groups -OCH3 is 3. The lowest BCUT2D eigenvalue weighted by Gasteiger charge is -2.35. The molecular formula is C25H26N2O6S. The molecule has 1 aliphatic heterocycles. The first-order chi connectivity index (χ1) is 16.4. The highest BCUT2D eigenvalue weighted by atomic mass is 32.2. The van der Waals surface area contributed by atoms with Crippen molar-refractivity contribution in [3.05, 3.63) is 77.9 Å².